The molecule has 21 heavy (non-hydrogen) atoms. The Morgan fingerprint density at radius 1 is 1.38 bits per heavy atom. The van der Waals surface area contributed by atoms with Crippen molar-refractivity contribution in [3.63, 3.8) is 0 Å². The SMILES string of the molecule is Cc1cc(C(=O)O)ccc1NC(=O)N(C)CC1CC(O)C1. The fraction of sp³-hybridized carbons (Fsp3) is 0.467. The van der Waals surface area contributed by atoms with E-state index in [1.54, 1.807) is 24.9 Å². The second-order valence-corrected chi connectivity index (χ2v) is 5.64. The van der Waals surface area contributed by atoms with E-state index in [1.165, 1.54) is 12.1 Å². The van der Waals surface area contributed by atoms with E-state index >= 15 is 0 Å². The fourth-order valence-electron chi connectivity index (χ4n) is 2.47. The molecular formula is C15H20N2O4. The molecule has 0 unspecified atom stereocenters. The zero-order valence-corrected chi connectivity index (χ0v) is 12.2. The summed E-state index contributed by atoms with van der Waals surface area (Å²) in [7, 11) is 1.71. The summed E-state index contributed by atoms with van der Waals surface area (Å²) < 4.78 is 0. The van der Waals surface area contributed by atoms with Crippen molar-refractivity contribution in [2.45, 2.75) is 25.9 Å². The molecule has 6 nitrogen and oxygen atoms in total. The monoisotopic (exact) mass is 292 g/mol. The van der Waals surface area contributed by atoms with Gasteiger partial charge in [-0.25, -0.2) is 9.59 Å². The Morgan fingerprint density at radius 3 is 2.57 bits per heavy atom. The number of aryl methyl sites for hydroxylation is 1. The number of rotatable bonds is 4. The molecule has 0 radical (unpaired) electrons. The van der Waals surface area contributed by atoms with E-state index in [4.69, 9.17) is 5.11 Å². The second-order valence-electron chi connectivity index (χ2n) is 5.64. The summed E-state index contributed by atoms with van der Waals surface area (Å²) in [6.45, 7) is 2.36. The van der Waals surface area contributed by atoms with Gasteiger partial charge in [0.15, 0.2) is 0 Å². The zero-order valence-electron chi connectivity index (χ0n) is 12.2. The van der Waals surface area contributed by atoms with E-state index in [0.29, 0.717) is 23.7 Å². The predicted octanol–water partition coefficient (Wildman–Crippen LogP) is 1.93. The highest BCUT2D eigenvalue weighted by Crippen LogP contribution is 2.27. The first-order chi connectivity index (χ1) is 9.86. The number of carboxylic acid groups (broad SMARTS) is 1. The number of amides is 2. The van der Waals surface area contributed by atoms with Gasteiger partial charge in [0.1, 0.15) is 0 Å². The lowest BCUT2D eigenvalue weighted by molar-refractivity contribution is 0.0332. The molecule has 1 saturated carbocycles. The standard InChI is InChI=1S/C15H20N2O4/c1-9-5-11(14(19)20)3-4-13(9)16-15(21)17(2)8-10-6-12(18)7-10/h3-5,10,12,18H,6-8H2,1-2H3,(H,16,21)(H,19,20). The number of hydrogen-bond donors (Lipinski definition) is 3. The highest BCUT2D eigenvalue weighted by molar-refractivity contribution is 5.92. The van der Waals surface area contributed by atoms with E-state index in [0.717, 1.165) is 12.8 Å². The lowest BCUT2D eigenvalue weighted by atomic mass is 9.82. The lowest BCUT2D eigenvalue weighted by Crippen LogP contribution is -2.41. The maximum Gasteiger partial charge on any atom is 0.335 e. The summed E-state index contributed by atoms with van der Waals surface area (Å²) in [5.41, 5.74) is 1.50. The number of hydrogen-bond acceptors (Lipinski definition) is 3. The summed E-state index contributed by atoms with van der Waals surface area (Å²) in [4.78, 5) is 24.5. The second kappa shape index (κ2) is 6.13. The van der Waals surface area contributed by atoms with Crippen molar-refractivity contribution in [1.29, 1.82) is 0 Å². The maximum atomic E-state index is 12.1. The number of nitrogens with zero attached hydrogens (tertiary/aromatic N) is 1. The van der Waals surface area contributed by atoms with E-state index in [-0.39, 0.29) is 17.7 Å². The van der Waals surface area contributed by atoms with Crippen molar-refractivity contribution in [2.24, 2.45) is 5.92 Å². The van der Waals surface area contributed by atoms with Crippen molar-refractivity contribution in [1.82, 2.24) is 4.90 Å². The van der Waals surface area contributed by atoms with Crippen LogP contribution in [0.5, 0.6) is 0 Å². The number of aromatic carboxylic acids is 1. The van der Waals surface area contributed by atoms with E-state index in [9.17, 15) is 14.7 Å². The zero-order chi connectivity index (χ0) is 15.6. The molecule has 2 rings (SSSR count). The van der Waals surface area contributed by atoms with E-state index < -0.39 is 5.97 Å². The van der Waals surface area contributed by atoms with Gasteiger partial charge in [-0.05, 0) is 49.4 Å². The van der Waals surface area contributed by atoms with Gasteiger partial charge >= 0.3 is 12.0 Å². The van der Waals surface area contributed by atoms with Gasteiger partial charge in [-0.3, -0.25) is 0 Å². The molecule has 2 amide bonds. The van der Waals surface area contributed by atoms with Crippen LogP contribution in [0.4, 0.5) is 10.5 Å². The van der Waals surface area contributed by atoms with Crippen LogP contribution in [0.15, 0.2) is 18.2 Å². The smallest absolute Gasteiger partial charge is 0.335 e. The molecule has 114 valence electrons. The van der Waals surface area contributed by atoms with Crippen LogP contribution < -0.4 is 5.32 Å². The normalized spacial score (nSPS) is 20.5. The van der Waals surface area contributed by atoms with Gasteiger partial charge in [0, 0.05) is 19.3 Å². The first-order valence-corrected chi connectivity index (χ1v) is 6.91. The first-order valence-electron chi connectivity index (χ1n) is 6.91. The minimum Gasteiger partial charge on any atom is -0.478 e. The molecule has 1 aromatic rings. The largest absolute Gasteiger partial charge is 0.478 e. The minimum atomic E-state index is -0.989. The molecule has 1 aliphatic carbocycles. The van der Waals surface area contributed by atoms with Gasteiger partial charge < -0.3 is 20.4 Å². The highest BCUT2D eigenvalue weighted by atomic mass is 16.4. The number of urea groups is 1. The fourth-order valence-corrected chi connectivity index (χ4v) is 2.47. The van der Waals surface area contributed by atoms with Gasteiger partial charge in [-0.15, -0.1) is 0 Å². The Kier molecular flexibility index (Phi) is 4.47. The quantitative estimate of drug-likeness (QED) is 0.791. The molecule has 0 aliphatic heterocycles. The number of aliphatic hydroxyl groups excluding tert-OH is 1. The third-order valence-corrected chi connectivity index (χ3v) is 3.80. The average molecular weight is 292 g/mol. The summed E-state index contributed by atoms with van der Waals surface area (Å²) in [5.74, 6) is -0.636. The molecule has 1 aromatic carbocycles. The molecule has 0 bridgehead atoms. The third kappa shape index (κ3) is 3.72. The van der Waals surface area contributed by atoms with Crippen molar-refractivity contribution < 1.29 is 19.8 Å². The molecule has 6 heteroatoms. The van der Waals surface area contributed by atoms with Gasteiger partial charge in [0.25, 0.3) is 0 Å². The third-order valence-electron chi connectivity index (χ3n) is 3.80. The number of benzene rings is 1. The van der Waals surface area contributed by atoms with Crippen LogP contribution in [0.25, 0.3) is 0 Å². The molecule has 1 fully saturated rings. The van der Waals surface area contributed by atoms with E-state index in [1.807, 2.05) is 0 Å². The maximum absolute atomic E-state index is 12.1. The summed E-state index contributed by atoms with van der Waals surface area (Å²) >= 11 is 0. The van der Waals surface area contributed by atoms with Crippen LogP contribution in [-0.2, 0) is 0 Å². The first kappa shape index (κ1) is 15.3. The average Bonchev–Trinajstić information content (AvgIpc) is 2.38. The summed E-state index contributed by atoms with van der Waals surface area (Å²) in [6, 6.07) is 4.35. The lowest BCUT2D eigenvalue weighted by Gasteiger charge is -2.34. The topological polar surface area (TPSA) is 89.9 Å². The predicted molar refractivity (Wildman–Crippen MR) is 78.5 cm³/mol. The van der Waals surface area contributed by atoms with E-state index in [2.05, 4.69) is 5.32 Å². The number of aliphatic hydroxyl groups is 1. The van der Waals surface area contributed by atoms with Gasteiger partial charge in [-0.2, -0.15) is 0 Å². The summed E-state index contributed by atoms with van der Waals surface area (Å²) in [6.07, 6.45) is 1.26. The van der Waals surface area contributed by atoms with Crippen molar-refractivity contribution in [2.75, 3.05) is 18.9 Å². The Labute approximate surface area is 123 Å². The molecule has 0 aromatic heterocycles. The van der Waals surface area contributed by atoms with Crippen LogP contribution in [0.3, 0.4) is 0 Å². The number of carbonyl (C=O) groups excluding carboxylic acids is 1. The molecule has 0 spiro atoms. The number of nitrogens with one attached hydrogen (secondary N) is 1. The number of carbonyl (C=O) groups is 2. The number of anilines is 1. The Morgan fingerprint density at radius 2 is 2.05 bits per heavy atom. The number of carboxylic acids is 1. The Hall–Kier alpha value is -2.08. The molecule has 1 aliphatic rings. The van der Waals surface area contributed by atoms with Crippen molar-refractivity contribution >= 4 is 17.7 Å². The summed E-state index contributed by atoms with van der Waals surface area (Å²) in [5, 5.41) is 20.9. The molecule has 0 atom stereocenters. The van der Waals surface area contributed by atoms with Crippen LogP contribution in [0.2, 0.25) is 0 Å². The van der Waals surface area contributed by atoms with Crippen LogP contribution >= 0.6 is 0 Å². The van der Waals surface area contributed by atoms with Gasteiger partial charge in [0.2, 0.25) is 0 Å². The van der Waals surface area contributed by atoms with Crippen LogP contribution in [0.1, 0.15) is 28.8 Å². The molecule has 0 saturated heterocycles. The molecular weight excluding hydrogens is 272 g/mol. The van der Waals surface area contributed by atoms with Crippen molar-refractivity contribution in [3.8, 4) is 0 Å². The Bertz CT molecular complexity index is 553. The minimum absolute atomic E-state index is 0.197. The Balaban J connectivity index is 1.94. The molecule has 3 N–H and O–H groups in total. The van der Waals surface area contributed by atoms with Gasteiger partial charge in [0.05, 0.1) is 11.7 Å². The molecule has 0 heterocycles. The van der Waals surface area contributed by atoms with Crippen LogP contribution in [-0.4, -0.2) is 46.8 Å². The highest BCUT2D eigenvalue weighted by Gasteiger charge is 2.29. The van der Waals surface area contributed by atoms with Crippen LogP contribution in [0, 0.1) is 12.8 Å². The van der Waals surface area contributed by atoms with Crippen molar-refractivity contribution in [3.05, 3.63) is 29.3 Å². The van der Waals surface area contributed by atoms with Gasteiger partial charge in [-0.1, -0.05) is 0 Å².